The molecule has 0 spiro atoms. The van der Waals surface area contributed by atoms with E-state index in [4.69, 9.17) is 4.74 Å². The standard InChI is InChI=1S/C24H34F2NO8S.Rf/c1-23(2,3)27-18-14-11-15(19(18)35-21(29)13-9-7-5-4-6-8-10-13)17(16(14)20(27)28)22(30)34-12-24(25,26)36(31,32)33;/h12-19H,4-11H2,1-3H3,(H,31,32,33);/q-1;/p-1. The number of likely N-dealkylation sites (tertiary alicyclic amines) is 1. The summed E-state index contributed by atoms with van der Waals surface area (Å²) < 4.78 is 70.0. The molecule has 1 aliphatic heterocycles. The fourth-order valence-corrected chi connectivity index (χ4v) is 6.92. The summed E-state index contributed by atoms with van der Waals surface area (Å²) in [5, 5.41) is -4.91. The third-order valence-electron chi connectivity index (χ3n) is 8.20. The molecule has 3 saturated carbocycles. The summed E-state index contributed by atoms with van der Waals surface area (Å²) >= 11 is 0. The van der Waals surface area contributed by atoms with Gasteiger partial charge < -0.3 is 18.9 Å². The quantitative estimate of drug-likeness (QED) is 0.228. The second-order valence-electron chi connectivity index (χ2n) is 11.5. The van der Waals surface area contributed by atoms with Crippen molar-refractivity contribution in [2.75, 3.05) is 0 Å². The second-order valence-corrected chi connectivity index (χ2v) is 13.0. The first-order valence-electron chi connectivity index (χ1n) is 12.6. The van der Waals surface area contributed by atoms with Crippen molar-refractivity contribution in [2.24, 2.45) is 29.6 Å². The smallest absolute Gasteiger partial charge is 0.309 e. The van der Waals surface area contributed by atoms with Crippen LogP contribution in [0.3, 0.4) is 0 Å². The minimum Gasteiger partial charge on any atom is -0.746 e. The first-order valence-corrected chi connectivity index (χ1v) is 14.0. The van der Waals surface area contributed by atoms with Crippen LogP contribution in [-0.4, -0.2) is 58.7 Å². The van der Waals surface area contributed by atoms with Crippen molar-refractivity contribution in [3.8, 4) is 0 Å². The number of amides is 1. The summed E-state index contributed by atoms with van der Waals surface area (Å²) in [5.41, 5.74) is -0.650. The van der Waals surface area contributed by atoms with E-state index in [1.54, 1.807) is 4.90 Å². The van der Waals surface area contributed by atoms with Gasteiger partial charge in [0.1, 0.15) is 16.2 Å². The van der Waals surface area contributed by atoms with Crippen molar-refractivity contribution in [3.05, 3.63) is 6.61 Å². The molecule has 9 nitrogen and oxygen atoms in total. The number of ether oxygens (including phenoxy) is 2. The third kappa shape index (κ3) is 5.02. The maximum Gasteiger partial charge on any atom is 0.309 e. The molecule has 1 amide bonds. The van der Waals surface area contributed by atoms with Crippen molar-refractivity contribution in [1.29, 1.82) is 0 Å². The molecule has 4 rings (SSSR count). The van der Waals surface area contributed by atoms with Gasteiger partial charge in [0.05, 0.1) is 23.8 Å². The zero-order chi connectivity index (χ0) is 26.6. The van der Waals surface area contributed by atoms with Crippen LogP contribution in [0.1, 0.15) is 72.1 Å². The summed E-state index contributed by atoms with van der Waals surface area (Å²) in [6, 6.07) is -0.443. The molecular weight excluding hydrogens is 767 g/mol. The van der Waals surface area contributed by atoms with Crippen LogP contribution < -0.4 is 0 Å². The second kappa shape index (κ2) is 9.81. The minimum absolute atomic E-state index is 0. The van der Waals surface area contributed by atoms with E-state index in [2.05, 4.69) is 4.74 Å². The fraction of sp³-hybridized carbons (Fsp3) is 0.833. The molecule has 2 bridgehead atoms. The molecule has 0 aromatic rings. The van der Waals surface area contributed by atoms with Gasteiger partial charge in [-0.3, -0.25) is 14.4 Å². The van der Waals surface area contributed by atoms with Crippen molar-refractivity contribution in [3.63, 3.8) is 0 Å². The van der Waals surface area contributed by atoms with Gasteiger partial charge in [-0.1, -0.05) is 38.7 Å². The number of alkyl halides is 2. The van der Waals surface area contributed by atoms with E-state index in [1.807, 2.05) is 20.8 Å². The van der Waals surface area contributed by atoms with Crippen LogP contribution >= 0.6 is 0 Å². The Morgan fingerprint density at radius 1 is 1.03 bits per heavy atom. The zero-order valence-electron chi connectivity index (χ0n) is 21.4. The van der Waals surface area contributed by atoms with Crippen molar-refractivity contribution in [1.82, 2.24) is 4.90 Å². The van der Waals surface area contributed by atoms with Gasteiger partial charge in [0.25, 0.3) is 11.2 Å². The predicted molar refractivity (Wildman–Crippen MR) is 120 cm³/mol. The Balaban J connectivity index is 0.00000380. The fourth-order valence-electron chi connectivity index (χ4n) is 6.75. The summed E-state index contributed by atoms with van der Waals surface area (Å²) in [6.07, 6.45) is 6.01. The Labute approximate surface area is 210 Å². The van der Waals surface area contributed by atoms with Crippen molar-refractivity contribution >= 4 is 28.0 Å². The molecule has 0 aromatic carbocycles. The van der Waals surface area contributed by atoms with E-state index in [9.17, 15) is 36.1 Å². The number of esters is 2. The van der Waals surface area contributed by atoms with E-state index in [0.717, 1.165) is 32.1 Å². The van der Waals surface area contributed by atoms with Crippen LogP contribution in [0.2, 0.25) is 0 Å². The van der Waals surface area contributed by atoms with Gasteiger partial charge in [0, 0.05) is 11.5 Å². The molecule has 1 saturated heterocycles. The Morgan fingerprint density at radius 2 is 1.59 bits per heavy atom. The maximum absolute atomic E-state index is 13.6. The number of halogens is 2. The molecule has 37 heavy (non-hydrogen) atoms. The monoisotopic (exact) mass is 800 g/mol. The van der Waals surface area contributed by atoms with Crippen molar-refractivity contribution in [2.45, 2.75) is 95.1 Å². The van der Waals surface area contributed by atoms with Crippen LogP contribution in [-0.2, 0) is 34.0 Å². The van der Waals surface area contributed by atoms with E-state index < -0.39 is 63.4 Å². The first kappa shape index (κ1) is 28.7. The van der Waals surface area contributed by atoms with Crippen LogP contribution in [0.5, 0.6) is 0 Å². The average molecular weight is 801 g/mol. The van der Waals surface area contributed by atoms with Gasteiger partial charge >= 0.3 is 5.97 Å². The first-order chi connectivity index (χ1) is 16.6. The molecule has 4 fully saturated rings. The SMILES string of the molecule is CC(C)(C)N1C(=O)C2C3CC(C(OC(=O)C4CCCCCCC4)C31)C2C(=O)O[CH-]C(F)(F)S(=O)(=O)[O-].[Rf]. The van der Waals surface area contributed by atoms with E-state index in [-0.39, 0.29) is 23.7 Å². The summed E-state index contributed by atoms with van der Waals surface area (Å²) in [7, 11) is -6.09. The molecule has 1 heterocycles. The van der Waals surface area contributed by atoms with Crippen LogP contribution in [0.15, 0.2) is 0 Å². The number of nitrogens with zero attached hydrogens (tertiary/aromatic N) is 1. The molecule has 0 radical (unpaired) electrons. The van der Waals surface area contributed by atoms with Gasteiger partial charge in [0.15, 0.2) is 0 Å². The van der Waals surface area contributed by atoms with Gasteiger partial charge in [-0.15, -0.1) is 0 Å². The van der Waals surface area contributed by atoms with E-state index >= 15 is 0 Å². The number of rotatable bonds is 6. The number of carbonyl (C=O) groups is 3. The van der Waals surface area contributed by atoms with E-state index in [1.165, 1.54) is 0 Å². The van der Waals surface area contributed by atoms with Crippen LogP contribution in [0.25, 0.3) is 0 Å². The Bertz CT molecular complexity index is 1010. The number of carbonyl (C=O) groups excluding carboxylic acids is 3. The normalized spacial score (nSPS) is 32.5. The molecule has 13 heteroatoms. The number of fused-ring (bicyclic) bond motifs is 1. The minimum atomic E-state index is -6.09. The van der Waals surface area contributed by atoms with Crippen molar-refractivity contribution < 1.29 is 45.6 Å². The topological polar surface area (TPSA) is 130 Å². The summed E-state index contributed by atoms with van der Waals surface area (Å²) in [5.74, 6) is -5.26. The average Bonchev–Trinajstić information content (AvgIpc) is 3.33. The molecule has 6 atom stereocenters. The molecule has 4 aliphatic rings. The zero-order valence-corrected chi connectivity index (χ0v) is 28.6. The summed E-state index contributed by atoms with van der Waals surface area (Å²) in [6.45, 7) is 4.91. The van der Waals surface area contributed by atoms with Gasteiger partial charge in [-0.25, -0.2) is 17.2 Å². The Hall–Kier alpha value is -2.82. The molecular formula is C24H33F2NO8RfS-2. The van der Waals surface area contributed by atoms with Gasteiger partial charge in [-0.2, -0.15) is 0 Å². The van der Waals surface area contributed by atoms with E-state index in [0.29, 0.717) is 19.3 Å². The molecule has 6 unspecified atom stereocenters. The molecule has 0 aromatic heterocycles. The number of hydrogen-bond donors (Lipinski definition) is 0. The van der Waals surface area contributed by atoms with Gasteiger partial charge in [-0.05, 0) is 46.0 Å². The van der Waals surface area contributed by atoms with Crippen LogP contribution in [0, 0.1) is 36.2 Å². The van der Waals surface area contributed by atoms with Gasteiger partial charge in [0.2, 0.25) is 5.91 Å². The maximum atomic E-state index is 13.6. The predicted octanol–water partition coefficient (Wildman–Crippen LogP) is 2.99. The number of hydrogen-bond acceptors (Lipinski definition) is 8. The Morgan fingerprint density at radius 3 is 2.14 bits per heavy atom. The molecule has 206 valence electrons. The summed E-state index contributed by atoms with van der Waals surface area (Å²) in [4.78, 5) is 41.2. The van der Waals surface area contributed by atoms with Crippen LogP contribution in [0.4, 0.5) is 8.78 Å². The third-order valence-corrected chi connectivity index (χ3v) is 8.97. The molecule has 3 aliphatic carbocycles. The Kier molecular flexibility index (Phi) is 7.62. The largest absolute Gasteiger partial charge is 0.746 e. The molecule has 0 N–H and O–H groups in total.